The summed E-state index contributed by atoms with van der Waals surface area (Å²) in [6, 6.07) is 7.88. The highest BCUT2D eigenvalue weighted by Gasteiger charge is 2.39. The number of rotatable bonds is 3. The average Bonchev–Trinajstić information content (AvgIpc) is 3.31. The molecule has 0 spiro atoms. The van der Waals surface area contributed by atoms with Gasteiger partial charge in [0.25, 0.3) is 11.8 Å². The number of amides is 2. The van der Waals surface area contributed by atoms with Crippen LogP contribution in [0.2, 0.25) is 0 Å². The zero-order valence-electron chi connectivity index (χ0n) is 12.1. The molecule has 118 valence electrons. The molecule has 8 nitrogen and oxygen atoms in total. The van der Waals surface area contributed by atoms with Crippen LogP contribution in [0.1, 0.15) is 31.1 Å². The van der Waals surface area contributed by atoms with Gasteiger partial charge in [-0.05, 0) is 18.2 Å². The first kappa shape index (κ1) is 13.9. The molecule has 1 aliphatic heterocycles. The van der Waals surface area contributed by atoms with Gasteiger partial charge in [-0.2, -0.15) is 5.10 Å². The van der Waals surface area contributed by atoms with Crippen LogP contribution in [0.25, 0.3) is 11.3 Å². The Morgan fingerprint density at radius 2 is 1.83 bits per heavy atom. The summed E-state index contributed by atoms with van der Waals surface area (Å²) in [6.45, 7) is 0. The van der Waals surface area contributed by atoms with Gasteiger partial charge in [-0.3, -0.25) is 14.7 Å². The van der Waals surface area contributed by atoms with E-state index in [-0.39, 0.29) is 16.7 Å². The van der Waals surface area contributed by atoms with Crippen molar-refractivity contribution in [3.05, 3.63) is 65.7 Å². The highest BCUT2D eigenvalue weighted by Crippen LogP contribution is 2.26. The third-order valence-corrected chi connectivity index (χ3v) is 3.60. The fourth-order valence-corrected chi connectivity index (χ4v) is 2.45. The van der Waals surface area contributed by atoms with Crippen LogP contribution in [-0.4, -0.2) is 33.0 Å². The summed E-state index contributed by atoms with van der Waals surface area (Å²) in [4.78, 5) is 41.8. The van der Waals surface area contributed by atoms with Crippen LogP contribution < -0.4 is 0 Å². The van der Waals surface area contributed by atoms with E-state index in [1.54, 1.807) is 18.2 Å². The summed E-state index contributed by atoms with van der Waals surface area (Å²) in [5.41, 5.74) is 1.41. The number of carbonyl (C=O) groups excluding carboxylic acids is 3. The molecule has 2 amide bonds. The molecular formula is C16H9N3O5. The van der Waals surface area contributed by atoms with E-state index < -0.39 is 17.8 Å². The third kappa shape index (κ3) is 2.01. The number of H-pyrrole nitrogens is 1. The Balaban J connectivity index is 1.62. The fourth-order valence-electron chi connectivity index (χ4n) is 2.45. The first-order valence-corrected chi connectivity index (χ1v) is 6.93. The van der Waals surface area contributed by atoms with Gasteiger partial charge in [0.1, 0.15) is 5.56 Å². The van der Waals surface area contributed by atoms with Crippen molar-refractivity contribution < 1.29 is 23.6 Å². The van der Waals surface area contributed by atoms with Crippen molar-refractivity contribution in [3.63, 3.8) is 0 Å². The van der Waals surface area contributed by atoms with Gasteiger partial charge in [-0.15, -0.1) is 0 Å². The lowest BCUT2D eigenvalue weighted by Crippen LogP contribution is -2.32. The van der Waals surface area contributed by atoms with Crippen molar-refractivity contribution >= 4 is 17.8 Å². The number of furan rings is 1. The molecule has 0 fully saturated rings. The van der Waals surface area contributed by atoms with E-state index >= 15 is 0 Å². The Labute approximate surface area is 134 Å². The molecule has 0 unspecified atom stereocenters. The standard InChI is InChI=1S/C16H9N3O5/c20-14-10-3-1-2-4-11(10)15(21)19(14)24-16(22)12-7-17-18-13(12)9-5-6-23-8-9/h1-8H,(H,17,18). The van der Waals surface area contributed by atoms with Crippen LogP contribution in [0, 0.1) is 0 Å². The zero-order chi connectivity index (χ0) is 16.7. The van der Waals surface area contributed by atoms with Crippen molar-refractivity contribution in [2.45, 2.75) is 0 Å². The summed E-state index contributed by atoms with van der Waals surface area (Å²) in [5, 5.41) is 6.91. The van der Waals surface area contributed by atoms with E-state index in [1.165, 1.54) is 30.9 Å². The monoisotopic (exact) mass is 323 g/mol. The maximum absolute atomic E-state index is 12.4. The summed E-state index contributed by atoms with van der Waals surface area (Å²) >= 11 is 0. The second-order valence-corrected chi connectivity index (χ2v) is 5.00. The Morgan fingerprint density at radius 3 is 2.46 bits per heavy atom. The minimum Gasteiger partial charge on any atom is -0.472 e. The molecule has 1 N–H and O–H groups in total. The SMILES string of the molecule is O=C(ON1C(=O)c2ccccc2C1=O)c1cn[nH]c1-c1ccoc1. The highest BCUT2D eigenvalue weighted by atomic mass is 16.7. The van der Waals surface area contributed by atoms with Gasteiger partial charge in [-0.1, -0.05) is 17.2 Å². The van der Waals surface area contributed by atoms with Gasteiger partial charge in [0.15, 0.2) is 0 Å². The Morgan fingerprint density at radius 1 is 1.12 bits per heavy atom. The molecule has 0 saturated carbocycles. The Kier molecular flexibility index (Phi) is 3.02. The number of carbonyl (C=O) groups is 3. The second kappa shape index (κ2) is 5.20. The first-order valence-electron chi connectivity index (χ1n) is 6.93. The molecule has 0 atom stereocenters. The lowest BCUT2D eigenvalue weighted by Gasteiger charge is -2.12. The number of nitrogens with one attached hydrogen (secondary N) is 1. The van der Waals surface area contributed by atoms with E-state index in [4.69, 9.17) is 9.25 Å². The van der Waals surface area contributed by atoms with Gasteiger partial charge in [0.05, 0.1) is 35.5 Å². The molecule has 24 heavy (non-hydrogen) atoms. The van der Waals surface area contributed by atoms with Gasteiger partial charge >= 0.3 is 5.97 Å². The highest BCUT2D eigenvalue weighted by molar-refractivity contribution is 6.21. The predicted octanol–water partition coefficient (Wildman–Crippen LogP) is 2.04. The number of nitrogens with zero attached hydrogens (tertiary/aromatic N) is 2. The quantitative estimate of drug-likeness (QED) is 0.739. The van der Waals surface area contributed by atoms with Crippen molar-refractivity contribution in [1.29, 1.82) is 0 Å². The number of fused-ring (bicyclic) bond motifs is 1. The van der Waals surface area contributed by atoms with Gasteiger partial charge in [0, 0.05) is 5.56 Å². The lowest BCUT2D eigenvalue weighted by atomic mass is 10.1. The second-order valence-electron chi connectivity index (χ2n) is 5.00. The number of hydroxylamine groups is 2. The lowest BCUT2D eigenvalue weighted by molar-refractivity contribution is -0.0584. The molecule has 0 bridgehead atoms. The van der Waals surface area contributed by atoms with Gasteiger partial charge in [0.2, 0.25) is 0 Å². The number of hydrogen-bond acceptors (Lipinski definition) is 6. The number of aromatic nitrogens is 2. The van der Waals surface area contributed by atoms with E-state index in [1.807, 2.05) is 0 Å². The normalized spacial score (nSPS) is 13.2. The molecule has 8 heteroatoms. The minimum atomic E-state index is -0.880. The summed E-state index contributed by atoms with van der Waals surface area (Å²) in [5.74, 6) is -2.25. The van der Waals surface area contributed by atoms with Crippen molar-refractivity contribution in [3.8, 4) is 11.3 Å². The molecule has 0 aliphatic carbocycles. The fraction of sp³-hybridized carbons (Fsp3) is 0. The molecule has 0 saturated heterocycles. The van der Waals surface area contributed by atoms with Crippen molar-refractivity contribution in [2.24, 2.45) is 0 Å². The molecular weight excluding hydrogens is 314 g/mol. The van der Waals surface area contributed by atoms with Crippen LogP contribution in [-0.2, 0) is 4.84 Å². The maximum Gasteiger partial charge on any atom is 0.367 e. The molecule has 3 aromatic rings. The van der Waals surface area contributed by atoms with Crippen LogP contribution in [0.4, 0.5) is 0 Å². The number of imide groups is 1. The Hall–Kier alpha value is -3.68. The third-order valence-electron chi connectivity index (χ3n) is 3.60. The first-order chi connectivity index (χ1) is 11.7. The molecule has 3 heterocycles. The topological polar surface area (TPSA) is 105 Å². The van der Waals surface area contributed by atoms with Crippen LogP contribution in [0.5, 0.6) is 0 Å². The van der Waals surface area contributed by atoms with Crippen molar-refractivity contribution in [1.82, 2.24) is 15.3 Å². The largest absolute Gasteiger partial charge is 0.472 e. The maximum atomic E-state index is 12.4. The zero-order valence-corrected chi connectivity index (χ0v) is 12.1. The number of aromatic amines is 1. The molecule has 4 rings (SSSR count). The summed E-state index contributed by atoms with van der Waals surface area (Å²) < 4.78 is 4.96. The average molecular weight is 323 g/mol. The minimum absolute atomic E-state index is 0.0768. The van der Waals surface area contributed by atoms with Crippen molar-refractivity contribution in [2.75, 3.05) is 0 Å². The van der Waals surface area contributed by atoms with E-state index in [2.05, 4.69) is 10.2 Å². The molecule has 0 radical (unpaired) electrons. The summed E-state index contributed by atoms with van der Waals surface area (Å²) in [6.07, 6.45) is 4.12. The van der Waals surface area contributed by atoms with E-state index in [0.29, 0.717) is 16.3 Å². The molecule has 1 aromatic carbocycles. The predicted molar refractivity (Wildman–Crippen MR) is 78.6 cm³/mol. The van der Waals surface area contributed by atoms with E-state index in [0.717, 1.165) is 0 Å². The van der Waals surface area contributed by atoms with Crippen LogP contribution >= 0.6 is 0 Å². The summed E-state index contributed by atoms with van der Waals surface area (Å²) in [7, 11) is 0. The Bertz CT molecular complexity index is 923. The van der Waals surface area contributed by atoms with Crippen LogP contribution in [0.15, 0.2) is 53.5 Å². The van der Waals surface area contributed by atoms with Crippen LogP contribution in [0.3, 0.4) is 0 Å². The molecule has 2 aromatic heterocycles. The van der Waals surface area contributed by atoms with Gasteiger partial charge in [-0.25, -0.2) is 4.79 Å². The van der Waals surface area contributed by atoms with E-state index in [9.17, 15) is 14.4 Å². The smallest absolute Gasteiger partial charge is 0.367 e. The number of benzene rings is 1. The van der Waals surface area contributed by atoms with Gasteiger partial charge < -0.3 is 9.25 Å². The molecule has 1 aliphatic rings. The number of hydrogen-bond donors (Lipinski definition) is 1.